The third-order valence-corrected chi connectivity index (χ3v) is 3.13. The molecule has 0 spiro atoms. The van der Waals surface area contributed by atoms with E-state index in [1.807, 2.05) is 0 Å². The highest BCUT2D eigenvalue weighted by molar-refractivity contribution is 5.90. The van der Waals surface area contributed by atoms with E-state index in [9.17, 15) is 9.90 Å². The van der Waals surface area contributed by atoms with Crippen LogP contribution >= 0.6 is 0 Å². The molecule has 6 heteroatoms. The second-order valence-electron chi connectivity index (χ2n) is 4.17. The molecule has 2 rings (SSSR count). The van der Waals surface area contributed by atoms with Crippen LogP contribution in [0.1, 0.15) is 36.3 Å². The van der Waals surface area contributed by atoms with Gasteiger partial charge in [-0.15, -0.1) is 0 Å². The monoisotopic (exact) mass is 224 g/mol. The molecule has 88 valence electrons. The SMILES string of the molecule is CN(C(=O)c1ncn[nH]1)C1CCCCC1O. The number of rotatable bonds is 2. The summed E-state index contributed by atoms with van der Waals surface area (Å²) in [4.78, 5) is 17.3. The molecule has 16 heavy (non-hydrogen) atoms. The number of aliphatic hydroxyl groups excluding tert-OH is 1. The molecular weight excluding hydrogens is 208 g/mol. The van der Waals surface area contributed by atoms with E-state index in [0.29, 0.717) is 0 Å². The largest absolute Gasteiger partial charge is 0.391 e. The number of amides is 1. The number of aromatic nitrogens is 3. The maximum atomic E-state index is 11.9. The Balaban J connectivity index is 2.06. The summed E-state index contributed by atoms with van der Waals surface area (Å²) in [6.45, 7) is 0. The lowest BCUT2D eigenvalue weighted by Crippen LogP contribution is -2.46. The van der Waals surface area contributed by atoms with Crippen molar-refractivity contribution in [2.75, 3.05) is 7.05 Å². The topological polar surface area (TPSA) is 82.1 Å². The highest BCUT2D eigenvalue weighted by atomic mass is 16.3. The zero-order chi connectivity index (χ0) is 11.5. The number of carbonyl (C=O) groups is 1. The van der Waals surface area contributed by atoms with Crippen molar-refractivity contribution in [3.05, 3.63) is 12.2 Å². The normalized spacial score (nSPS) is 25.4. The fourth-order valence-electron chi connectivity index (χ4n) is 2.17. The van der Waals surface area contributed by atoms with Crippen molar-refractivity contribution in [1.82, 2.24) is 20.1 Å². The standard InChI is InChI=1S/C10H16N4O2/c1-14(7-4-2-3-5-8(7)15)10(16)9-11-6-12-13-9/h6-8,15H,2-5H2,1H3,(H,11,12,13). The van der Waals surface area contributed by atoms with Gasteiger partial charge in [-0.25, -0.2) is 4.98 Å². The van der Waals surface area contributed by atoms with Gasteiger partial charge in [0.15, 0.2) is 0 Å². The van der Waals surface area contributed by atoms with Crippen LogP contribution in [0.25, 0.3) is 0 Å². The van der Waals surface area contributed by atoms with Gasteiger partial charge in [0.25, 0.3) is 5.91 Å². The second-order valence-corrected chi connectivity index (χ2v) is 4.17. The first-order valence-electron chi connectivity index (χ1n) is 5.50. The van der Waals surface area contributed by atoms with Crippen molar-refractivity contribution < 1.29 is 9.90 Å². The van der Waals surface area contributed by atoms with E-state index in [2.05, 4.69) is 15.2 Å². The molecule has 1 aromatic heterocycles. The smallest absolute Gasteiger partial charge is 0.291 e. The molecule has 0 bridgehead atoms. The van der Waals surface area contributed by atoms with E-state index in [4.69, 9.17) is 0 Å². The number of hydrogen-bond donors (Lipinski definition) is 2. The van der Waals surface area contributed by atoms with E-state index >= 15 is 0 Å². The molecule has 2 N–H and O–H groups in total. The first kappa shape index (κ1) is 11.1. The van der Waals surface area contributed by atoms with E-state index in [1.54, 1.807) is 11.9 Å². The average Bonchev–Trinajstić information content (AvgIpc) is 2.81. The van der Waals surface area contributed by atoms with Crippen LogP contribution < -0.4 is 0 Å². The van der Waals surface area contributed by atoms with Gasteiger partial charge >= 0.3 is 0 Å². The average molecular weight is 224 g/mol. The summed E-state index contributed by atoms with van der Waals surface area (Å²) in [5.41, 5.74) is 0. The molecule has 0 saturated heterocycles. The van der Waals surface area contributed by atoms with Crippen molar-refractivity contribution in [3.8, 4) is 0 Å². The van der Waals surface area contributed by atoms with Crippen molar-refractivity contribution in [2.45, 2.75) is 37.8 Å². The lowest BCUT2D eigenvalue weighted by molar-refractivity contribution is 0.0261. The molecule has 1 aliphatic carbocycles. The third kappa shape index (κ3) is 2.06. The molecule has 1 fully saturated rings. The summed E-state index contributed by atoms with van der Waals surface area (Å²) < 4.78 is 0. The number of nitrogens with zero attached hydrogens (tertiary/aromatic N) is 3. The molecular formula is C10H16N4O2. The Morgan fingerprint density at radius 3 is 2.94 bits per heavy atom. The van der Waals surface area contributed by atoms with E-state index in [1.165, 1.54) is 6.33 Å². The van der Waals surface area contributed by atoms with Gasteiger partial charge in [-0.2, -0.15) is 5.10 Å². The Labute approximate surface area is 93.7 Å². The fourth-order valence-corrected chi connectivity index (χ4v) is 2.17. The van der Waals surface area contributed by atoms with Crippen LogP contribution in [0.5, 0.6) is 0 Å². The predicted molar refractivity (Wildman–Crippen MR) is 56.7 cm³/mol. The Bertz CT molecular complexity index is 352. The van der Waals surface area contributed by atoms with Crippen LogP contribution in [-0.4, -0.2) is 50.3 Å². The molecule has 2 unspecified atom stereocenters. The van der Waals surface area contributed by atoms with Gasteiger partial charge in [0.1, 0.15) is 6.33 Å². The quantitative estimate of drug-likeness (QED) is 0.750. The highest BCUT2D eigenvalue weighted by Crippen LogP contribution is 2.22. The number of aromatic amines is 1. The van der Waals surface area contributed by atoms with Gasteiger partial charge < -0.3 is 10.0 Å². The van der Waals surface area contributed by atoms with Crippen LogP contribution in [0.4, 0.5) is 0 Å². The second kappa shape index (κ2) is 4.61. The molecule has 0 aromatic carbocycles. The number of aliphatic hydroxyl groups is 1. The van der Waals surface area contributed by atoms with Crippen LogP contribution in [0.3, 0.4) is 0 Å². The molecule has 1 amide bonds. The summed E-state index contributed by atoms with van der Waals surface area (Å²) in [7, 11) is 1.70. The summed E-state index contributed by atoms with van der Waals surface area (Å²) in [6.07, 6.45) is 4.57. The molecule has 1 aromatic rings. The van der Waals surface area contributed by atoms with Crippen molar-refractivity contribution >= 4 is 5.91 Å². The molecule has 2 atom stereocenters. The molecule has 0 aliphatic heterocycles. The summed E-state index contributed by atoms with van der Waals surface area (Å²) >= 11 is 0. The van der Waals surface area contributed by atoms with E-state index in [0.717, 1.165) is 25.7 Å². The Morgan fingerprint density at radius 2 is 2.31 bits per heavy atom. The lowest BCUT2D eigenvalue weighted by Gasteiger charge is -2.34. The molecule has 1 aliphatic rings. The minimum Gasteiger partial charge on any atom is -0.391 e. The van der Waals surface area contributed by atoms with Crippen LogP contribution in [0.2, 0.25) is 0 Å². The third-order valence-electron chi connectivity index (χ3n) is 3.13. The number of likely N-dealkylation sites (N-methyl/N-ethyl adjacent to an activating group) is 1. The minimum absolute atomic E-state index is 0.105. The first-order valence-corrected chi connectivity index (χ1v) is 5.50. The van der Waals surface area contributed by atoms with E-state index in [-0.39, 0.29) is 17.8 Å². The summed E-state index contributed by atoms with van der Waals surface area (Å²) in [5.74, 6) is 0.00345. The number of carbonyl (C=O) groups excluding carboxylic acids is 1. The summed E-state index contributed by atoms with van der Waals surface area (Å²) in [6, 6.07) is -0.105. The molecule has 6 nitrogen and oxygen atoms in total. The van der Waals surface area contributed by atoms with Gasteiger partial charge in [-0.3, -0.25) is 9.89 Å². The van der Waals surface area contributed by atoms with Gasteiger partial charge in [-0.1, -0.05) is 12.8 Å². The number of nitrogens with one attached hydrogen (secondary N) is 1. The van der Waals surface area contributed by atoms with Crippen LogP contribution in [0, 0.1) is 0 Å². The zero-order valence-electron chi connectivity index (χ0n) is 9.26. The minimum atomic E-state index is -0.425. The van der Waals surface area contributed by atoms with Crippen LogP contribution in [0.15, 0.2) is 6.33 Å². The maximum absolute atomic E-state index is 11.9. The molecule has 0 radical (unpaired) electrons. The van der Waals surface area contributed by atoms with Gasteiger partial charge in [0.2, 0.25) is 5.82 Å². The Hall–Kier alpha value is -1.43. The Morgan fingerprint density at radius 1 is 1.56 bits per heavy atom. The van der Waals surface area contributed by atoms with Gasteiger partial charge in [0, 0.05) is 7.05 Å². The van der Waals surface area contributed by atoms with Crippen molar-refractivity contribution in [2.24, 2.45) is 0 Å². The molecule has 1 saturated carbocycles. The predicted octanol–water partition coefficient (Wildman–Crippen LogP) is 0.180. The van der Waals surface area contributed by atoms with Crippen molar-refractivity contribution in [3.63, 3.8) is 0 Å². The zero-order valence-corrected chi connectivity index (χ0v) is 9.26. The first-order chi connectivity index (χ1) is 7.70. The fraction of sp³-hybridized carbons (Fsp3) is 0.700. The lowest BCUT2D eigenvalue weighted by atomic mass is 9.91. The highest BCUT2D eigenvalue weighted by Gasteiger charge is 2.30. The maximum Gasteiger partial charge on any atom is 0.291 e. The van der Waals surface area contributed by atoms with Gasteiger partial charge in [0.05, 0.1) is 12.1 Å². The van der Waals surface area contributed by atoms with Crippen molar-refractivity contribution in [1.29, 1.82) is 0 Å². The molecule has 1 heterocycles. The van der Waals surface area contributed by atoms with E-state index < -0.39 is 6.10 Å². The van der Waals surface area contributed by atoms with Crippen LogP contribution in [-0.2, 0) is 0 Å². The Kier molecular flexibility index (Phi) is 3.19. The summed E-state index contributed by atoms with van der Waals surface area (Å²) in [5, 5.41) is 16.0. The number of hydrogen-bond acceptors (Lipinski definition) is 4. The van der Waals surface area contributed by atoms with Gasteiger partial charge in [-0.05, 0) is 12.8 Å². The number of H-pyrrole nitrogens is 1.